The number of allylic oxidation sites excluding steroid dienone is 1. The second kappa shape index (κ2) is 6.08. The highest BCUT2D eigenvalue weighted by atomic mass is 16.4. The highest BCUT2D eigenvalue weighted by Crippen LogP contribution is 2.01. The van der Waals surface area contributed by atoms with Crippen LogP contribution in [0.1, 0.15) is 15.9 Å². The number of rotatable bonds is 3. The molecular formula is C12H11N3O2. The number of carboxylic acid groups (broad SMARTS) is 1. The Kier molecular flexibility index (Phi) is 4.45. The summed E-state index contributed by atoms with van der Waals surface area (Å²) >= 11 is 0. The maximum absolute atomic E-state index is 10.7. The van der Waals surface area contributed by atoms with Crippen LogP contribution in [0, 0.1) is 17.3 Å². The fourth-order valence-corrected chi connectivity index (χ4v) is 1.04. The van der Waals surface area contributed by atoms with Gasteiger partial charge < -0.3 is 15.8 Å². The lowest BCUT2D eigenvalue weighted by Crippen LogP contribution is -1.98. The Hall–Kier alpha value is -2.61. The number of pyridine rings is 1. The van der Waals surface area contributed by atoms with Crippen LogP contribution in [0.15, 0.2) is 30.2 Å². The number of hydrogen-bond donors (Lipinski definition) is 3. The number of carbonyl (C=O) groups is 1. The van der Waals surface area contributed by atoms with E-state index in [1.165, 1.54) is 18.5 Å². The second-order valence-electron chi connectivity index (χ2n) is 3.05. The van der Waals surface area contributed by atoms with E-state index in [-0.39, 0.29) is 5.56 Å². The number of hydrogen-bond acceptors (Lipinski definition) is 4. The molecule has 0 fully saturated rings. The third-order valence-electron chi connectivity index (χ3n) is 1.79. The number of aromatic nitrogens is 1. The predicted molar refractivity (Wildman–Crippen MR) is 64.0 cm³/mol. The van der Waals surface area contributed by atoms with Gasteiger partial charge in [0, 0.05) is 37.4 Å². The molecule has 1 aromatic heterocycles. The summed E-state index contributed by atoms with van der Waals surface area (Å²) < 4.78 is 0. The maximum atomic E-state index is 10.7. The van der Waals surface area contributed by atoms with Crippen LogP contribution in [0.2, 0.25) is 0 Å². The molecule has 0 spiro atoms. The van der Waals surface area contributed by atoms with Crippen molar-refractivity contribution in [2.75, 3.05) is 7.05 Å². The van der Waals surface area contributed by atoms with E-state index in [0.717, 1.165) is 6.21 Å². The van der Waals surface area contributed by atoms with Crippen LogP contribution in [0.3, 0.4) is 0 Å². The highest BCUT2D eigenvalue weighted by Gasteiger charge is 2.02. The SMILES string of the molecule is CN/C=C(/C#Cc1cncc(C(=O)O)c1)C=N. The Bertz CT molecular complexity index is 524. The van der Waals surface area contributed by atoms with Gasteiger partial charge in [0.25, 0.3) is 0 Å². The molecule has 1 rings (SSSR count). The first-order chi connectivity index (χ1) is 8.17. The summed E-state index contributed by atoms with van der Waals surface area (Å²) in [7, 11) is 1.71. The van der Waals surface area contributed by atoms with Crippen LogP contribution in [0.4, 0.5) is 0 Å². The minimum Gasteiger partial charge on any atom is -0.478 e. The van der Waals surface area contributed by atoms with Crippen molar-refractivity contribution >= 4 is 12.2 Å². The van der Waals surface area contributed by atoms with Gasteiger partial charge in [-0.05, 0) is 6.07 Å². The van der Waals surface area contributed by atoms with Gasteiger partial charge in [0.05, 0.1) is 11.1 Å². The Morgan fingerprint density at radius 1 is 1.59 bits per heavy atom. The van der Waals surface area contributed by atoms with Crippen molar-refractivity contribution in [3.63, 3.8) is 0 Å². The first-order valence-corrected chi connectivity index (χ1v) is 4.75. The molecular weight excluding hydrogens is 218 g/mol. The topological polar surface area (TPSA) is 86.1 Å². The van der Waals surface area contributed by atoms with Crippen molar-refractivity contribution in [2.24, 2.45) is 0 Å². The fourth-order valence-electron chi connectivity index (χ4n) is 1.04. The zero-order chi connectivity index (χ0) is 12.7. The number of nitrogens with zero attached hydrogens (tertiary/aromatic N) is 1. The number of carboxylic acids is 1. The molecule has 0 aliphatic heterocycles. The fraction of sp³-hybridized carbons (Fsp3) is 0.0833. The van der Waals surface area contributed by atoms with Crippen LogP contribution in [-0.2, 0) is 0 Å². The summed E-state index contributed by atoms with van der Waals surface area (Å²) in [5.74, 6) is 4.42. The molecule has 86 valence electrons. The smallest absolute Gasteiger partial charge is 0.337 e. The van der Waals surface area contributed by atoms with Crippen molar-refractivity contribution in [3.8, 4) is 11.8 Å². The molecule has 0 amide bonds. The van der Waals surface area contributed by atoms with Gasteiger partial charge in [-0.2, -0.15) is 0 Å². The Morgan fingerprint density at radius 2 is 2.35 bits per heavy atom. The van der Waals surface area contributed by atoms with Crippen molar-refractivity contribution in [1.82, 2.24) is 10.3 Å². The average Bonchev–Trinajstić information content (AvgIpc) is 2.34. The van der Waals surface area contributed by atoms with Crippen LogP contribution in [0.25, 0.3) is 0 Å². The number of nitrogens with one attached hydrogen (secondary N) is 2. The molecule has 0 radical (unpaired) electrons. The van der Waals surface area contributed by atoms with Gasteiger partial charge in [-0.25, -0.2) is 4.79 Å². The van der Waals surface area contributed by atoms with Gasteiger partial charge in [-0.15, -0.1) is 0 Å². The molecule has 5 nitrogen and oxygen atoms in total. The Labute approximate surface area is 98.7 Å². The quantitative estimate of drug-likeness (QED) is 0.530. The van der Waals surface area contributed by atoms with Crippen molar-refractivity contribution < 1.29 is 9.90 Å². The predicted octanol–water partition coefficient (Wildman–Crippen LogP) is 0.884. The maximum Gasteiger partial charge on any atom is 0.337 e. The van der Waals surface area contributed by atoms with E-state index in [1.807, 2.05) is 0 Å². The molecule has 0 atom stereocenters. The summed E-state index contributed by atoms with van der Waals surface area (Å²) in [5, 5.41) is 18.6. The van der Waals surface area contributed by atoms with Crippen molar-refractivity contribution in [1.29, 1.82) is 5.41 Å². The van der Waals surface area contributed by atoms with E-state index in [1.54, 1.807) is 13.2 Å². The first-order valence-electron chi connectivity index (χ1n) is 4.75. The molecule has 1 aromatic rings. The molecule has 3 N–H and O–H groups in total. The van der Waals surface area contributed by atoms with E-state index in [0.29, 0.717) is 11.1 Å². The molecule has 0 aliphatic carbocycles. The van der Waals surface area contributed by atoms with Crippen LogP contribution in [-0.4, -0.2) is 29.3 Å². The van der Waals surface area contributed by atoms with Gasteiger partial charge in [0.2, 0.25) is 0 Å². The largest absolute Gasteiger partial charge is 0.478 e. The number of aromatic carboxylic acids is 1. The summed E-state index contributed by atoms with van der Waals surface area (Å²) in [6, 6.07) is 1.43. The third kappa shape index (κ3) is 3.80. The first kappa shape index (κ1) is 12.5. The van der Waals surface area contributed by atoms with E-state index < -0.39 is 5.97 Å². The molecule has 5 heteroatoms. The highest BCUT2D eigenvalue weighted by molar-refractivity contribution is 5.87. The van der Waals surface area contributed by atoms with E-state index in [2.05, 4.69) is 22.1 Å². The zero-order valence-corrected chi connectivity index (χ0v) is 9.19. The molecule has 0 bridgehead atoms. The van der Waals surface area contributed by atoms with Gasteiger partial charge in [0.15, 0.2) is 0 Å². The van der Waals surface area contributed by atoms with Gasteiger partial charge in [0.1, 0.15) is 0 Å². The molecule has 0 aromatic carbocycles. The minimum atomic E-state index is -1.04. The Morgan fingerprint density at radius 3 is 2.94 bits per heavy atom. The summed E-state index contributed by atoms with van der Waals surface area (Å²) in [6.07, 6.45) is 5.42. The zero-order valence-electron chi connectivity index (χ0n) is 9.19. The third-order valence-corrected chi connectivity index (χ3v) is 1.79. The van der Waals surface area contributed by atoms with Crippen LogP contribution in [0.5, 0.6) is 0 Å². The second-order valence-corrected chi connectivity index (χ2v) is 3.05. The van der Waals surface area contributed by atoms with Gasteiger partial charge in [-0.1, -0.05) is 11.8 Å². The summed E-state index contributed by atoms with van der Waals surface area (Å²) in [5.41, 5.74) is 1.08. The van der Waals surface area contributed by atoms with E-state index in [9.17, 15) is 4.79 Å². The molecule has 0 saturated heterocycles. The molecule has 0 saturated carbocycles. The van der Waals surface area contributed by atoms with Gasteiger partial charge in [-0.3, -0.25) is 4.98 Å². The van der Waals surface area contributed by atoms with Gasteiger partial charge >= 0.3 is 5.97 Å². The lowest BCUT2D eigenvalue weighted by Gasteiger charge is -1.94. The summed E-state index contributed by atoms with van der Waals surface area (Å²) in [4.78, 5) is 14.5. The van der Waals surface area contributed by atoms with Crippen LogP contribution >= 0.6 is 0 Å². The molecule has 17 heavy (non-hydrogen) atoms. The monoisotopic (exact) mass is 229 g/mol. The molecule has 1 heterocycles. The van der Waals surface area contributed by atoms with Crippen molar-refractivity contribution in [2.45, 2.75) is 0 Å². The average molecular weight is 229 g/mol. The lowest BCUT2D eigenvalue weighted by atomic mass is 10.2. The van der Waals surface area contributed by atoms with E-state index >= 15 is 0 Å². The standard InChI is InChI=1S/C12H11N3O2/c1-14-6-10(5-13)3-2-9-4-11(12(16)17)8-15-7-9/h4-8,13-14H,1H3,(H,16,17)/b10-6-,13-5?. The van der Waals surface area contributed by atoms with Crippen molar-refractivity contribution in [3.05, 3.63) is 41.4 Å². The molecule has 0 aliphatic rings. The summed E-state index contributed by atoms with van der Waals surface area (Å²) in [6.45, 7) is 0. The Balaban J connectivity index is 2.99. The van der Waals surface area contributed by atoms with Crippen LogP contribution < -0.4 is 5.32 Å². The lowest BCUT2D eigenvalue weighted by molar-refractivity contribution is 0.0696. The minimum absolute atomic E-state index is 0.0887. The normalized spacial score (nSPS) is 10.1. The van der Waals surface area contributed by atoms with E-state index in [4.69, 9.17) is 10.5 Å². The molecule has 0 unspecified atom stereocenters.